The summed E-state index contributed by atoms with van der Waals surface area (Å²) in [6.07, 6.45) is 8.68. The van der Waals surface area contributed by atoms with E-state index in [0.717, 1.165) is 44.9 Å². The molecule has 1 N–H and O–H groups in total. The minimum absolute atomic E-state index is 0.00561. The van der Waals surface area contributed by atoms with Crippen molar-refractivity contribution in [3.63, 3.8) is 0 Å². The Morgan fingerprint density at radius 1 is 1.23 bits per heavy atom. The number of fused-ring (bicyclic) bond motifs is 7. The van der Waals surface area contributed by atoms with E-state index in [2.05, 4.69) is 13.0 Å². The lowest BCUT2D eigenvalue weighted by atomic mass is 9.46. The number of rotatable bonds is 4. The monoisotopic (exact) mass is 432 g/mol. The van der Waals surface area contributed by atoms with Crippen molar-refractivity contribution in [1.82, 2.24) is 0 Å². The van der Waals surface area contributed by atoms with Gasteiger partial charge in [-0.15, -0.1) is 0 Å². The molecule has 1 aliphatic heterocycles. The predicted octanol–water partition coefficient (Wildman–Crippen LogP) is 3.55. The summed E-state index contributed by atoms with van der Waals surface area (Å²) >= 11 is 0. The Morgan fingerprint density at radius 3 is 2.68 bits per heavy atom. The predicted molar refractivity (Wildman–Crippen MR) is 113 cm³/mol. The topological polar surface area (TPSA) is 85.4 Å². The third-order valence-corrected chi connectivity index (χ3v) is 9.76. The Labute approximate surface area is 184 Å². The highest BCUT2D eigenvalue weighted by molar-refractivity contribution is 5.66. The number of hydrogen-bond acceptors (Lipinski definition) is 6. The van der Waals surface area contributed by atoms with Gasteiger partial charge in [-0.3, -0.25) is 9.59 Å². The van der Waals surface area contributed by atoms with Crippen LogP contribution >= 0.6 is 0 Å². The van der Waals surface area contributed by atoms with Gasteiger partial charge in [-0.1, -0.05) is 18.6 Å². The maximum atomic E-state index is 11.7. The molecule has 5 aliphatic rings. The molecule has 0 aromatic heterocycles. The standard InChI is InChI=1S/C25H36O6/c1-14(26)25-22(31-25)12-21-19-6-5-17-11-18(30-16(3)28)7-9-23(17,4)20(19)8-10-24(21,25)13-29-15(2)27/h5,14,18-22,26H,6-13H2,1-4H3/t14?,18-,19+,20-,21?,22+,23-,24+,25+/m0/s1. The van der Waals surface area contributed by atoms with E-state index in [-0.39, 0.29) is 35.0 Å². The third kappa shape index (κ3) is 2.90. The minimum Gasteiger partial charge on any atom is -0.465 e. The smallest absolute Gasteiger partial charge is 0.302 e. The van der Waals surface area contributed by atoms with Gasteiger partial charge < -0.3 is 19.3 Å². The van der Waals surface area contributed by atoms with E-state index in [1.54, 1.807) is 0 Å². The van der Waals surface area contributed by atoms with Crippen LogP contribution in [0.25, 0.3) is 0 Å². The Kier molecular flexibility index (Phi) is 4.88. The highest BCUT2D eigenvalue weighted by Crippen LogP contribution is 2.74. The van der Waals surface area contributed by atoms with Crippen LogP contribution in [0.15, 0.2) is 11.6 Å². The molecule has 4 fully saturated rings. The Bertz CT molecular complexity index is 819. The number of ether oxygens (including phenoxy) is 3. The van der Waals surface area contributed by atoms with Crippen LogP contribution in [0, 0.1) is 28.6 Å². The number of aliphatic hydroxyl groups is 1. The van der Waals surface area contributed by atoms with E-state index in [1.165, 1.54) is 19.4 Å². The van der Waals surface area contributed by atoms with Crippen molar-refractivity contribution in [1.29, 1.82) is 0 Å². The maximum Gasteiger partial charge on any atom is 0.302 e. The van der Waals surface area contributed by atoms with Gasteiger partial charge in [0.15, 0.2) is 0 Å². The van der Waals surface area contributed by atoms with Crippen molar-refractivity contribution in [2.75, 3.05) is 6.61 Å². The van der Waals surface area contributed by atoms with Crippen molar-refractivity contribution < 1.29 is 28.9 Å². The number of epoxide rings is 1. The lowest BCUT2D eigenvalue weighted by Gasteiger charge is -2.59. The molecule has 31 heavy (non-hydrogen) atoms. The first-order chi connectivity index (χ1) is 14.6. The molecule has 1 saturated heterocycles. The molecule has 0 bridgehead atoms. The number of carbonyl (C=O) groups excluding carboxylic acids is 2. The molecule has 2 unspecified atom stereocenters. The number of allylic oxidation sites excluding steroid dienone is 1. The molecule has 4 aliphatic carbocycles. The molecule has 9 atom stereocenters. The Morgan fingerprint density at radius 2 is 2.00 bits per heavy atom. The summed E-state index contributed by atoms with van der Waals surface area (Å²) in [6, 6.07) is 0. The Hall–Kier alpha value is -1.40. The lowest BCUT2D eigenvalue weighted by molar-refractivity contribution is -0.166. The van der Waals surface area contributed by atoms with E-state index in [4.69, 9.17) is 14.2 Å². The highest BCUT2D eigenvalue weighted by Gasteiger charge is 2.80. The molecular formula is C25H36O6. The van der Waals surface area contributed by atoms with E-state index >= 15 is 0 Å². The highest BCUT2D eigenvalue weighted by atomic mass is 16.6. The second kappa shape index (κ2) is 7.05. The van der Waals surface area contributed by atoms with E-state index < -0.39 is 11.7 Å². The summed E-state index contributed by atoms with van der Waals surface area (Å²) in [5, 5.41) is 10.7. The van der Waals surface area contributed by atoms with Gasteiger partial charge in [0.25, 0.3) is 0 Å². The van der Waals surface area contributed by atoms with Gasteiger partial charge in [0.1, 0.15) is 18.3 Å². The van der Waals surface area contributed by atoms with Gasteiger partial charge in [-0.2, -0.15) is 0 Å². The molecule has 0 aromatic rings. The van der Waals surface area contributed by atoms with Crippen LogP contribution in [-0.2, 0) is 23.8 Å². The first kappa shape index (κ1) is 21.4. The molecule has 0 spiro atoms. The maximum absolute atomic E-state index is 11.7. The zero-order valence-electron chi connectivity index (χ0n) is 19.2. The SMILES string of the molecule is CC(=O)OC[C@]12CC[C@H]3[C@@H](CC=C4C[C@@H](OC(C)=O)CC[C@@]43C)C1C[C@H]1O[C@]12C(C)O. The molecule has 3 saturated carbocycles. The summed E-state index contributed by atoms with van der Waals surface area (Å²) in [5.74, 6) is 1.02. The second-order valence-corrected chi connectivity index (χ2v) is 11.0. The number of aliphatic hydroxyl groups excluding tert-OH is 1. The van der Waals surface area contributed by atoms with Crippen LogP contribution < -0.4 is 0 Å². The van der Waals surface area contributed by atoms with Crippen LogP contribution in [0.1, 0.15) is 72.6 Å². The average molecular weight is 433 g/mol. The summed E-state index contributed by atoms with van der Waals surface area (Å²) in [7, 11) is 0. The Balaban J connectivity index is 1.44. The van der Waals surface area contributed by atoms with Crippen molar-refractivity contribution in [2.24, 2.45) is 28.6 Å². The van der Waals surface area contributed by atoms with Gasteiger partial charge in [0, 0.05) is 25.7 Å². The van der Waals surface area contributed by atoms with Gasteiger partial charge in [-0.25, -0.2) is 0 Å². The van der Waals surface area contributed by atoms with Crippen molar-refractivity contribution in [3.05, 3.63) is 11.6 Å². The van der Waals surface area contributed by atoms with Gasteiger partial charge in [-0.05, 0) is 68.6 Å². The van der Waals surface area contributed by atoms with Crippen molar-refractivity contribution in [2.45, 2.75) is 96.6 Å². The molecular weight excluding hydrogens is 396 g/mol. The summed E-state index contributed by atoms with van der Waals surface area (Å²) in [5.41, 5.74) is 0.743. The summed E-state index contributed by atoms with van der Waals surface area (Å²) in [4.78, 5) is 23.2. The van der Waals surface area contributed by atoms with E-state index in [1.807, 2.05) is 6.92 Å². The molecule has 172 valence electrons. The van der Waals surface area contributed by atoms with Crippen LogP contribution in [-0.4, -0.2) is 47.6 Å². The largest absolute Gasteiger partial charge is 0.465 e. The molecule has 6 heteroatoms. The fourth-order valence-corrected chi connectivity index (χ4v) is 8.46. The van der Waals surface area contributed by atoms with Crippen molar-refractivity contribution >= 4 is 11.9 Å². The van der Waals surface area contributed by atoms with Crippen LogP contribution in [0.4, 0.5) is 0 Å². The van der Waals surface area contributed by atoms with Crippen molar-refractivity contribution in [3.8, 4) is 0 Å². The minimum atomic E-state index is -0.570. The van der Waals surface area contributed by atoms with Gasteiger partial charge >= 0.3 is 11.9 Å². The third-order valence-electron chi connectivity index (χ3n) is 9.76. The number of hydrogen-bond donors (Lipinski definition) is 1. The quantitative estimate of drug-likeness (QED) is 0.415. The fraction of sp³-hybridized carbons (Fsp3) is 0.840. The van der Waals surface area contributed by atoms with E-state index in [9.17, 15) is 14.7 Å². The first-order valence-electron chi connectivity index (χ1n) is 12.0. The zero-order valence-corrected chi connectivity index (χ0v) is 19.2. The summed E-state index contributed by atoms with van der Waals surface area (Å²) < 4.78 is 17.3. The summed E-state index contributed by atoms with van der Waals surface area (Å²) in [6.45, 7) is 7.55. The molecule has 0 aromatic carbocycles. The normalized spacial score (nSPS) is 48.3. The molecule has 1 heterocycles. The number of carbonyl (C=O) groups is 2. The average Bonchev–Trinajstić information content (AvgIpc) is 3.36. The fourth-order valence-electron chi connectivity index (χ4n) is 8.46. The second-order valence-electron chi connectivity index (χ2n) is 11.0. The van der Waals surface area contributed by atoms with E-state index in [0.29, 0.717) is 24.4 Å². The number of esters is 2. The van der Waals surface area contributed by atoms with Crippen LogP contribution in [0.5, 0.6) is 0 Å². The lowest BCUT2D eigenvalue weighted by Crippen LogP contribution is -2.58. The van der Waals surface area contributed by atoms with Crippen LogP contribution in [0.2, 0.25) is 0 Å². The molecule has 6 nitrogen and oxygen atoms in total. The van der Waals surface area contributed by atoms with Gasteiger partial charge in [0.2, 0.25) is 0 Å². The molecule has 0 radical (unpaired) electrons. The van der Waals surface area contributed by atoms with Crippen LogP contribution in [0.3, 0.4) is 0 Å². The zero-order chi connectivity index (χ0) is 22.2. The molecule has 5 rings (SSSR count). The first-order valence-corrected chi connectivity index (χ1v) is 12.0. The van der Waals surface area contributed by atoms with Gasteiger partial charge in [0.05, 0.1) is 12.2 Å². The molecule has 0 amide bonds.